The molecule has 0 aliphatic carbocycles. The number of hydrogen-bond donors (Lipinski definition) is 2. The standard InChI is InChI=1S/C18H24N4O2.2C2HF3O2/c1-14-5-6-18(21-20-14)22-9-7-17(24-11-10-23-2)16(22)12-15-4-3-8-19-13-15;2*3-2(4,5)1(6)7/h3-6,8,13,16-17H,7,9-12H2,1-2H3;2*(H,6,7)/t16-,17-;;/m0../s1. The minimum Gasteiger partial charge on any atom is -0.475 e. The Labute approximate surface area is 213 Å². The van der Waals surface area contributed by atoms with Crippen molar-refractivity contribution in [1.29, 1.82) is 0 Å². The molecule has 10 nitrogen and oxygen atoms in total. The molecule has 2 atom stereocenters. The minimum atomic E-state index is -5.08. The first-order valence-corrected chi connectivity index (χ1v) is 10.8. The van der Waals surface area contributed by atoms with Crippen molar-refractivity contribution in [3.63, 3.8) is 0 Å². The van der Waals surface area contributed by atoms with Crippen molar-refractivity contribution in [2.75, 3.05) is 31.8 Å². The van der Waals surface area contributed by atoms with Crippen LogP contribution < -0.4 is 4.90 Å². The largest absolute Gasteiger partial charge is 0.490 e. The Morgan fingerprint density at radius 1 is 1.03 bits per heavy atom. The van der Waals surface area contributed by atoms with Crippen molar-refractivity contribution in [2.24, 2.45) is 0 Å². The maximum atomic E-state index is 10.6. The molecule has 0 saturated carbocycles. The Hall–Kier alpha value is -3.53. The second kappa shape index (κ2) is 15.0. The molecule has 212 valence electrons. The number of nitrogens with zero attached hydrogens (tertiary/aromatic N) is 4. The number of rotatable bonds is 7. The maximum Gasteiger partial charge on any atom is 0.490 e. The predicted octanol–water partition coefficient (Wildman–Crippen LogP) is 3.30. The number of carboxylic acids is 2. The van der Waals surface area contributed by atoms with Crippen LogP contribution in [0, 0.1) is 6.92 Å². The van der Waals surface area contributed by atoms with E-state index in [2.05, 4.69) is 26.1 Å². The molecule has 1 aliphatic heterocycles. The zero-order valence-corrected chi connectivity index (χ0v) is 20.2. The normalized spacial score (nSPS) is 17.1. The molecular formula is C22H26F6N4O6. The van der Waals surface area contributed by atoms with Crippen LogP contribution in [0.2, 0.25) is 0 Å². The zero-order chi connectivity index (χ0) is 28.9. The Balaban J connectivity index is 0.000000426. The van der Waals surface area contributed by atoms with E-state index in [0.717, 1.165) is 30.9 Å². The molecule has 0 bridgehead atoms. The number of aryl methyl sites for hydroxylation is 1. The van der Waals surface area contributed by atoms with Crippen LogP contribution in [0.25, 0.3) is 0 Å². The number of pyridine rings is 1. The third kappa shape index (κ3) is 11.7. The number of halogens is 6. The summed E-state index contributed by atoms with van der Waals surface area (Å²) >= 11 is 0. The van der Waals surface area contributed by atoms with E-state index in [9.17, 15) is 26.3 Å². The van der Waals surface area contributed by atoms with Crippen LogP contribution in [0.1, 0.15) is 17.7 Å². The molecule has 16 heteroatoms. The number of methoxy groups -OCH3 is 1. The maximum absolute atomic E-state index is 10.6. The summed E-state index contributed by atoms with van der Waals surface area (Å²) in [6.45, 7) is 4.09. The molecule has 3 heterocycles. The fourth-order valence-corrected chi connectivity index (χ4v) is 3.13. The van der Waals surface area contributed by atoms with Crippen LogP contribution in [-0.4, -0.2) is 88.7 Å². The summed E-state index contributed by atoms with van der Waals surface area (Å²) in [5, 5.41) is 22.8. The molecule has 1 fully saturated rings. The van der Waals surface area contributed by atoms with Crippen molar-refractivity contribution >= 4 is 17.8 Å². The van der Waals surface area contributed by atoms with Gasteiger partial charge in [0.2, 0.25) is 0 Å². The van der Waals surface area contributed by atoms with Gasteiger partial charge in [0.05, 0.1) is 31.1 Å². The lowest BCUT2D eigenvalue weighted by Gasteiger charge is -2.29. The summed E-state index contributed by atoms with van der Waals surface area (Å²) < 4.78 is 74.6. The molecule has 2 N–H and O–H groups in total. The number of anilines is 1. The molecule has 0 unspecified atom stereocenters. The molecule has 1 aliphatic rings. The second-order valence-corrected chi connectivity index (χ2v) is 7.66. The highest BCUT2D eigenvalue weighted by molar-refractivity contribution is 5.73. The van der Waals surface area contributed by atoms with Gasteiger partial charge in [-0.25, -0.2) is 9.59 Å². The number of alkyl halides is 6. The Bertz CT molecular complexity index is 969. The molecule has 2 aromatic rings. The van der Waals surface area contributed by atoms with Gasteiger partial charge in [0.25, 0.3) is 0 Å². The monoisotopic (exact) mass is 556 g/mol. The van der Waals surface area contributed by atoms with Gasteiger partial charge in [-0.1, -0.05) is 6.07 Å². The summed E-state index contributed by atoms with van der Waals surface area (Å²) in [7, 11) is 1.69. The third-order valence-corrected chi connectivity index (χ3v) is 4.83. The highest BCUT2D eigenvalue weighted by Gasteiger charge is 2.39. The fraction of sp³-hybridized carbons (Fsp3) is 0.500. The van der Waals surface area contributed by atoms with E-state index >= 15 is 0 Å². The van der Waals surface area contributed by atoms with Crippen molar-refractivity contribution in [3.8, 4) is 0 Å². The van der Waals surface area contributed by atoms with Gasteiger partial charge in [-0.3, -0.25) is 4.98 Å². The summed E-state index contributed by atoms with van der Waals surface area (Å²) in [6, 6.07) is 8.35. The number of carboxylic acid groups (broad SMARTS) is 2. The Morgan fingerprint density at radius 2 is 1.63 bits per heavy atom. The van der Waals surface area contributed by atoms with E-state index in [-0.39, 0.29) is 12.1 Å². The first-order valence-electron chi connectivity index (χ1n) is 10.8. The average molecular weight is 556 g/mol. The first-order chi connectivity index (χ1) is 17.7. The molecule has 0 spiro atoms. The lowest BCUT2D eigenvalue weighted by atomic mass is 10.0. The van der Waals surface area contributed by atoms with Crippen molar-refractivity contribution in [1.82, 2.24) is 15.2 Å². The van der Waals surface area contributed by atoms with Crippen LogP contribution >= 0.6 is 0 Å². The minimum absolute atomic E-state index is 0.156. The predicted molar refractivity (Wildman–Crippen MR) is 119 cm³/mol. The lowest BCUT2D eigenvalue weighted by molar-refractivity contribution is -0.193. The summed E-state index contributed by atoms with van der Waals surface area (Å²) in [6.07, 6.45) is -4.44. The number of aliphatic carboxylic acids is 2. The smallest absolute Gasteiger partial charge is 0.475 e. The van der Waals surface area contributed by atoms with E-state index in [1.165, 1.54) is 5.56 Å². The van der Waals surface area contributed by atoms with Crippen LogP contribution in [0.4, 0.5) is 32.2 Å². The fourth-order valence-electron chi connectivity index (χ4n) is 3.13. The van der Waals surface area contributed by atoms with Crippen molar-refractivity contribution in [3.05, 3.63) is 47.9 Å². The summed E-state index contributed by atoms with van der Waals surface area (Å²) in [5.74, 6) is -4.60. The quantitative estimate of drug-likeness (QED) is 0.386. The van der Waals surface area contributed by atoms with E-state index in [1.54, 1.807) is 13.3 Å². The van der Waals surface area contributed by atoms with Gasteiger partial charge in [-0.2, -0.15) is 31.4 Å². The van der Waals surface area contributed by atoms with Gasteiger partial charge in [0.1, 0.15) is 0 Å². The summed E-state index contributed by atoms with van der Waals surface area (Å²) in [5.41, 5.74) is 2.13. The van der Waals surface area contributed by atoms with Gasteiger partial charge < -0.3 is 24.6 Å². The van der Waals surface area contributed by atoms with Crippen LogP contribution in [0.5, 0.6) is 0 Å². The number of ether oxygens (including phenoxy) is 2. The Kier molecular flexibility index (Phi) is 12.8. The van der Waals surface area contributed by atoms with Gasteiger partial charge in [0, 0.05) is 26.0 Å². The van der Waals surface area contributed by atoms with Gasteiger partial charge >= 0.3 is 24.3 Å². The van der Waals surface area contributed by atoms with Gasteiger partial charge in [-0.15, -0.1) is 5.10 Å². The van der Waals surface area contributed by atoms with E-state index in [4.69, 9.17) is 29.3 Å². The number of hydrogen-bond acceptors (Lipinski definition) is 8. The lowest BCUT2D eigenvalue weighted by Crippen LogP contribution is -2.39. The van der Waals surface area contributed by atoms with Crippen LogP contribution in [0.3, 0.4) is 0 Å². The molecular weight excluding hydrogens is 530 g/mol. The topological polar surface area (TPSA) is 135 Å². The van der Waals surface area contributed by atoms with E-state index < -0.39 is 24.3 Å². The molecule has 1 saturated heterocycles. The van der Waals surface area contributed by atoms with Crippen molar-refractivity contribution in [2.45, 2.75) is 44.3 Å². The van der Waals surface area contributed by atoms with Crippen LogP contribution in [0.15, 0.2) is 36.7 Å². The molecule has 38 heavy (non-hydrogen) atoms. The molecule has 0 aromatic carbocycles. The average Bonchev–Trinajstić information content (AvgIpc) is 3.22. The van der Waals surface area contributed by atoms with Crippen LogP contribution in [-0.2, 0) is 25.5 Å². The van der Waals surface area contributed by atoms with Gasteiger partial charge in [0.15, 0.2) is 5.82 Å². The molecule has 0 amide bonds. The highest BCUT2D eigenvalue weighted by Crippen LogP contribution is 2.28. The third-order valence-electron chi connectivity index (χ3n) is 4.83. The zero-order valence-electron chi connectivity index (χ0n) is 20.2. The highest BCUT2D eigenvalue weighted by atomic mass is 19.4. The first kappa shape index (κ1) is 32.5. The van der Waals surface area contributed by atoms with E-state index in [0.29, 0.717) is 13.2 Å². The number of carbonyl (C=O) groups is 2. The summed E-state index contributed by atoms with van der Waals surface area (Å²) in [4.78, 5) is 24.3. The second-order valence-electron chi connectivity index (χ2n) is 7.66. The van der Waals surface area contributed by atoms with Crippen molar-refractivity contribution < 1.29 is 55.6 Å². The SMILES string of the molecule is COCCO[C@H]1CCN(c2ccc(C)nn2)[C@H]1Cc1cccnc1.O=C(O)C(F)(F)F.O=C(O)C(F)(F)F. The Morgan fingerprint density at radius 3 is 2.08 bits per heavy atom. The molecule has 3 rings (SSSR count). The van der Waals surface area contributed by atoms with E-state index in [1.807, 2.05) is 31.3 Å². The molecule has 2 aromatic heterocycles. The number of aromatic nitrogens is 3. The van der Waals surface area contributed by atoms with Gasteiger partial charge in [-0.05, 0) is 43.5 Å². The molecule has 0 radical (unpaired) electrons.